The van der Waals surface area contributed by atoms with Crippen LogP contribution in [0.15, 0.2) is 6.07 Å². The Hall–Kier alpha value is -0.830. The average molecular weight is 263 g/mol. The summed E-state index contributed by atoms with van der Waals surface area (Å²) in [5, 5.41) is 8.38. The van der Waals surface area contributed by atoms with Gasteiger partial charge in [-0.1, -0.05) is 27.2 Å². The first-order valence-electron chi connectivity index (χ1n) is 7.97. The van der Waals surface area contributed by atoms with Crippen LogP contribution in [0.1, 0.15) is 63.9 Å². The summed E-state index contributed by atoms with van der Waals surface area (Å²) in [6.45, 7) is 6.75. The van der Waals surface area contributed by atoms with E-state index in [9.17, 15) is 0 Å². The molecule has 0 radical (unpaired) electrons. The van der Waals surface area contributed by atoms with Gasteiger partial charge in [0.25, 0.3) is 0 Å². The van der Waals surface area contributed by atoms with E-state index in [4.69, 9.17) is 5.10 Å². The van der Waals surface area contributed by atoms with Crippen molar-refractivity contribution in [2.24, 2.45) is 5.92 Å². The van der Waals surface area contributed by atoms with Gasteiger partial charge in [-0.25, -0.2) is 0 Å². The Balaban J connectivity index is 2.27. The molecule has 0 aliphatic heterocycles. The van der Waals surface area contributed by atoms with Gasteiger partial charge in [0.1, 0.15) is 0 Å². The van der Waals surface area contributed by atoms with Gasteiger partial charge in [0.15, 0.2) is 0 Å². The van der Waals surface area contributed by atoms with Crippen LogP contribution in [0.25, 0.3) is 0 Å². The van der Waals surface area contributed by atoms with Crippen LogP contribution in [-0.4, -0.2) is 22.9 Å². The first kappa shape index (κ1) is 14.6. The third-order valence-electron chi connectivity index (χ3n) is 4.78. The molecule has 0 saturated heterocycles. The highest BCUT2D eigenvalue weighted by Crippen LogP contribution is 2.35. The van der Waals surface area contributed by atoms with Gasteiger partial charge in [-0.05, 0) is 51.1 Å². The molecule has 0 amide bonds. The summed E-state index contributed by atoms with van der Waals surface area (Å²) < 4.78 is 2.34. The molecule has 1 fully saturated rings. The SMILES string of the molecule is CCc1cc(CC)n(C2CC(CC)CCC2NC)n1. The van der Waals surface area contributed by atoms with Crippen molar-refractivity contribution in [3.63, 3.8) is 0 Å². The Morgan fingerprint density at radius 3 is 2.63 bits per heavy atom. The second-order valence-corrected chi connectivity index (χ2v) is 5.83. The quantitative estimate of drug-likeness (QED) is 0.883. The van der Waals surface area contributed by atoms with E-state index in [1.807, 2.05) is 0 Å². The molecule has 0 spiro atoms. The molecule has 3 heteroatoms. The smallest absolute Gasteiger partial charge is 0.0677 e. The number of nitrogens with zero attached hydrogens (tertiary/aromatic N) is 2. The summed E-state index contributed by atoms with van der Waals surface area (Å²) in [5.41, 5.74) is 2.64. The monoisotopic (exact) mass is 263 g/mol. The number of hydrogen-bond donors (Lipinski definition) is 1. The van der Waals surface area contributed by atoms with Gasteiger partial charge in [0, 0.05) is 11.7 Å². The predicted octanol–water partition coefficient (Wildman–Crippen LogP) is 3.35. The highest BCUT2D eigenvalue weighted by atomic mass is 15.3. The van der Waals surface area contributed by atoms with Crippen LogP contribution in [0.5, 0.6) is 0 Å². The molecule has 0 bridgehead atoms. The Labute approximate surface area is 117 Å². The van der Waals surface area contributed by atoms with Crippen molar-refractivity contribution < 1.29 is 0 Å². The molecule has 1 aromatic rings. The molecule has 2 rings (SSSR count). The van der Waals surface area contributed by atoms with Gasteiger partial charge < -0.3 is 5.32 Å². The second-order valence-electron chi connectivity index (χ2n) is 5.83. The van der Waals surface area contributed by atoms with Crippen molar-refractivity contribution in [2.45, 2.75) is 71.4 Å². The van der Waals surface area contributed by atoms with Crippen LogP contribution >= 0.6 is 0 Å². The fourth-order valence-corrected chi connectivity index (χ4v) is 3.42. The van der Waals surface area contributed by atoms with Gasteiger partial charge in [0.05, 0.1) is 11.7 Å². The van der Waals surface area contributed by atoms with E-state index in [1.165, 1.54) is 37.1 Å². The minimum Gasteiger partial charge on any atom is -0.315 e. The molecule has 0 aromatic carbocycles. The summed E-state index contributed by atoms with van der Waals surface area (Å²) in [4.78, 5) is 0. The lowest BCUT2D eigenvalue weighted by molar-refractivity contribution is 0.193. The molecule has 3 atom stereocenters. The van der Waals surface area contributed by atoms with Crippen LogP contribution in [0.3, 0.4) is 0 Å². The zero-order chi connectivity index (χ0) is 13.8. The van der Waals surface area contributed by atoms with Crippen LogP contribution < -0.4 is 5.32 Å². The minimum absolute atomic E-state index is 0.541. The molecule has 1 saturated carbocycles. The topological polar surface area (TPSA) is 29.9 Å². The van der Waals surface area contributed by atoms with Crippen molar-refractivity contribution in [3.05, 3.63) is 17.5 Å². The number of hydrogen-bond acceptors (Lipinski definition) is 2. The van der Waals surface area contributed by atoms with E-state index in [-0.39, 0.29) is 0 Å². The third kappa shape index (κ3) is 3.02. The molecule has 19 heavy (non-hydrogen) atoms. The first-order chi connectivity index (χ1) is 9.23. The van der Waals surface area contributed by atoms with Crippen molar-refractivity contribution in [1.29, 1.82) is 0 Å². The maximum absolute atomic E-state index is 4.87. The lowest BCUT2D eigenvalue weighted by Crippen LogP contribution is -2.41. The summed E-state index contributed by atoms with van der Waals surface area (Å²) in [6.07, 6.45) is 7.34. The second kappa shape index (κ2) is 6.56. The average Bonchev–Trinajstić information content (AvgIpc) is 2.89. The van der Waals surface area contributed by atoms with Gasteiger partial charge in [0.2, 0.25) is 0 Å². The lowest BCUT2D eigenvalue weighted by Gasteiger charge is -2.36. The Morgan fingerprint density at radius 1 is 1.26 bits per heavy atom. The van der Waals surface area contributed by atoms with Gasteiger partial charge >= 0.3 is 0 Å². The number of aromatic nitrogens is 2. The van der Waals surface area contributed by atoms with E-state index in [2.05, 4.69) is 43.9 Å². The van der Waals surface area contributed by atoms with Gasteiger partial charge in [-0.2, -0.15) is 5.10 Å². The number of nitrogens with one attached hydrogen (secondary N) is 1. The van der Waals surface area contributed by atoms with E-state index in [0.29, 0.717) is 12.1 Å². The number of aryl methyl sites for hydroxylation is 2. The predicted molar refractivity (Wildman–Crippen MR) is 80.5 cm³/mol. The van der Waals surface area contributed by atoms with Gasteiger partial charge in [-0.15, -0.1) is 0 Å². The Kier molecular flexibility index (Phi) is 5.03. The van der Waals surface area contributed by atoms with Crippen molar-refractivity contribution in [3.8, 4) is 0 Å². The third-order valence-corrected chi connectivity index (χ3v) is 4.78. The van der Waals surface area contributed by atoms with Gasteiger partial charge in [-0.3, -0.25) is 4.68 Å². The Morgan fingerprint density at radius 2 is 2.05 bits per heavy atom. The zero-order valence-electron chi connectivity index (χ0n) is 12.9. The zero-order valence-corrected chi connectivity index (χ0v) is 12.9. The molecule has 1 aliphatic rings. The highest BCUT2D eigenvalue weighted by molar-refractivity contribution is 5.12. The Bertz CT molecular complexity index is 397. The number of rotatable bonds is 5. The summed E-state index contributed by atoms with van der Waals surface area (Å²) >= 11 is 0. The molecular formula is C16H29N3. The summed E-state index contributed by atoms with van der Waals surface area (Å²) in [5.74, 6) is 0.869. The normalized spacial score (nSPS) is 27.7. The molecule has 3 nitrogen and oxygen atoms in total. The largest absolute Gasteiger partial charge is 0.315 e. The lowest BCUT2D eigenvalue weighted by atomic mass is 9.81. The highest BCUT2D eigenvalue weighted by Gasteiger charge is 2.31. The van der Waals surface area contributed by atoms with Crippen molar-refractivity contribution in [2.75, 3.05) is 7.05 Å². The van der Waals surface area contributed by atoms with E-state index in [1.54, 1.807) is 0 Å². The first-order valence-corrected chi connectivity index (χ1v) is 7.97. The molecule has 1 N–H and O–H groups in total. The maximum Gasteiger partial charge on any atom is 0.0677 e. The number of likely N-dealkylation sites (N-methyl/N-ethyl adjacent to an activating group) is 1. The summed E-state index contributed by atoms with van der Waals surface area (Å²) in [6, 6.07) is 3.42. The molecule has 3 unspecified atom stereocenters. The van der Waals surface area contributed by atoms with E-state index < -0.39 is 0 Å². The molecular weight excluding hydrogens is 234 g/mol. The van der Waals surface area contributed by atoms with Crippen LogP contribution in [0, 0.1) is 5.92 Å². The molecule has 1 heterocycles. The minimum atomic E-state index is 0.541. The maximum atomic E-state index is 4.87. The fraction of sp³-hybridized carbons (Fsp3) is 0.812. The van der Waals surface area contributed by atoms with Crippen LogP contribution in [-0.2, 0) is 12.8 Å². The van der Waals surface area contributed by atoms with Crippen molar-refractivity contribution >= 4 is 0 Å². The standard InChI is InChI=1S/C16H29N3/c1-5-12-8-9-15(17-4)16(10-12)19-14(7-3)11-13(6-2)18-19/h11-12,15-17H,5-10H2,1-4H3. The fourth-order valence-electron chi connectivity index (χ4n) is 3.42. The molecule has 108 valence electrons. The van der Waals surface area contributed by atoms with Crippen LogP contribution in [0.4, 0.5) is 0 Å². The van der Waals surface area contributed by atoms with Crippen LogP contribution in [0.2, 0.25) is 0 Å². The summed E-state index contributed by atoms with van der Waals surface area (Å²) in [7, 11) is 2.10. The van der Waals surface area contributed by atoms with E-state index >= 15 is 0 Å². The molecule has 1 aromatic heterocycles. The van der Waals surface area contributed by atoms with Crippen molar-refractivity contribution in [1.82, 2.24) is 15.1 Å². The molecule has 1 aliphatic carbocycles. The van der Waals surface area contributed by atoms with E-state index in [0.717, 1.165) is 18.8 Å².